The minimum atomic E-state index is -0.437. The average molecular weight is 718 g/mol. The molecule has 1 aliphatic heterocycles. The van der Waals surface area contributed by atoms with Crippen LogP contribution in [0.3, 0.4) is 0 Å². The predicted octanol–water partition coefficient (Wildman–Crippen LogP) is 6.46. The van der Waals surface area contributed by atoms with E-state index in [2.05, 4.69) is 92.0 Å². The van der Waals surface area contributed by atoms with Crippen LogP contribution in [0.1, 0.15) is 64.2 Å². The van der Waals surface area contributed by atoms with Crippen molar-refractivity contribution in [2.45, 2.75) is 78.8 Å². The lowest BCUT2D eigenvalue weighted by atomic mass is 9.89. The van der Waals surface area contributed by atoms with Crippen molar-refractivity contribution in [3.8, 4) is 17.0 Å². The number of ether oxygens (including phenoxy) is 2. The van der Waals surface area contributed by atoms with Gasteiger partial charge in [-0.2, -0.15) is 15.3 Å². The molecule has 1 aromatic carbocycles. The molecular formula is C30H41BIN6O4P. The monoisotopic (exact) mass is 718 g/mol. The second-order valence-corrected chi connectivity index (χ2v) is 14.1. The lowest BCUT2D eigenvalue weighted by Crippen LogP contribution is -2.41. The van der Waals surface area contributed by atoms with Crippen molar-refractivity contribution in [2.24, 2.45) is 14.1 Å². The van der Waals surface area contributed by atoms with E-state index >= 15 is 0 Å². The zero-order valence-electron chi connectivity index (χ0n) is 26.4. The molecule has 0 amide bonds. The Morgan fingerprint density at radius 2 is 1.84 bits per heavy atom. The normalized spacial score (nSPS) is 17.3. The summed E-state index contributed by atoms with van der Waals surface area (Å²) in [4.78, 5) is 0. The van der Waals surface area contributed by atoms with E-state index in [1.165, 1.54) is 5.56 Å². The van der Waals surface area contributed by atoms with E-state index in [1.807, 2.05) is 48.4 Å². The van der Waals surface area contributed by atoms with Crippen LogP contribution in [0, 0.1) is 6.92 Å². The Morgan fingerprint density at radius 3 is 2.49 bits per heavy atom. The maximum Gasteiger partial charge on any atom is 0.487 e. The molecular weight excluding hydrogens is 677 g/mol. The van der Waals surface area contributed by atoms with Crippen molar-refractivity contribution < 1.29 is 18.8 Å². The Labute approximate surface area is 268 Å². The van der Waals surface area contributed by atoms with Gasteiger partial charge in [-0.3, -0.25) is 4.68 Å². The van der Waals surface area contributed by atoms with Gasteiger partial charge in [-0.25, -0.2) is 9.13 Å². The van der Waals surface area contributed by atoms with E-state index < -0.39 is 18.3 Å². The number of benzene rings is 1. The third kappa shape index (κ3) is 6.45. The summed E-state index contributed by atoms with van der Waals surface area (Å²) in [5.74, 6) is 2.64. The molecule has 4 aromatic rings. The Balaban J connectivity index is 1.34. The van der Waals surface area contributed by atoms with Crippen LogP contribution >= 0.6 is 28.4 Å². The summed E-state index contributed by atoms with van der Waals surface area (Å²) in [6, 6.07) is 6.36. The molecule has 2 unspecified atom stereocenters. The van der Waals surface area contributed by atoms with Gasteiger partial charge in [0.2, 0.25) is 5.88 Å². The minimum absolute atomic E-state index is 0.182. The first-order valence-corrected chi connectivity index (χ1v) is 18.6. The van der Waals surface area contributed by atoms with Gasteiger partial charge in [-0.15, -0.1) is 0 Å². The molecule has 0 bridgehead atoms. The van der Waals surface area contributed by atoms with Gasteiger partial charge in [0.15, 0.2) is 0 Å². The molecule has 43 heavy (non-hydrogen) atoms. The summed E-state index contributed by atoms with van der Waals surface area (Å²) in [5.41, 5.74) is 6.45. The van der Waals surface area contributed by atoms with Gasteiger partial charge in [-0.05, 0) is 99.3 Å². The lowest BCUT2D eigenvalue weighted by Gasteiger charge is -2.32. The standard InChI is InChI=1S/C30H41BIN6O4P/c1-10-24-20(3)27(36(8)34-24)18-39-17-19(2)40-28-23(16-33-37(28)9)21-11-12-26-22(15-21)25(35-38(26)43-32)13-14-31-41-29(4,5)30(6,7)42-31/h11-16,19,43H,10,17-18H2,1-9H3/b14-13+. The van der Waals surface area contributed by atoms with Gasteiger partial charge in [0.1, 0.15) is 6.10 Å². The van der Waals surface area contributed by atoms with Crippen LogP contribution in [0.2, 0.25) is 0 Å². The number of nitrogens with zero attached hydrogens (tertiary/aromatic N) is 6. The quantitative estimate of drug-likeness (QED) is 0.1000. The van der Waals surface area contributed by atoms with Crippen molar-refractivity contribution in [1.82, 2.24) is 29.1 Å². The molecule has 10 nitrogen and oxygen atoms in total. The highest BCUT2D eigenvalue weighted by molar-refractivity contribution is 14.2. The Kier molecular flexibility index (Phi) is 9.45. The summed E-state index contributed by atoms with van der Waals surface area (Å²) in [6.07, 6.45) is 5.04. The minimum Gasteiger partial charge on any atom is -0.472 e. The topological polar surface area (TPSA) is 90.4 Å². The Bertz CT molecular complexity index is 1630. The first-order valence-electron chi connectivity index (χ1n) is 14.6. The largest absolute Gasteiger partial charge is 0.487 e. The molecule has 3 aromatic heterocycles. The molecule has 230 valence electrons. The van der Waals surface area contributed by atoms with Crippen LogP contribution in [0.4, 0.5) is 0 Å². The first-order chi connectivity index (χ1) is 20.3. The maximum atomic E-state index is 6.40. The molecule has 1 aliphatic rings. The second kappa shape index (κ2) is 12.6. The number of aromatic nitrogens is 6. The third-order valence-electron chi connectivity index (χ3n) is 8.43. The van der Waals surface area contributed by atoms with E-state index in [0.29, 0.717) is 25.5 Å². The van der Waals surface area contributed by atoms with Crippen molar-refractivity contribution in [3.63, 3.8) is 0 Å². The molecule has 1 fully saturated rings. The molecule has 0 spiro atoms. The summed E-state index contributed by atoms with van der Waals surface area (Å²) in [7, 11) is 3.42. The van der Waals surface area contributed by atoms with Crippen LogP contribution in [-0.2, 0) is 41.2 Å². The van der Waals surface area contributed by atoms with E-state index in [4.69, 9.17) is 23.9 Å². The Morgan fingerprint density at radius 1 is 1.12 bits per heavy atom. The molecule has 13 heteroatoms. The van der Waals surface area contributed by atoms with E-state index in [1.54, 1.807) is 4.68 Å². The summed E-state index contributed by atoms with van der Waals surface area (Å²) in [6.45, 7) is 15.4. The molecule has 5 rings (SSSR count). The second-order valence-electron chi connectivity index (χ2n) is 12.0. The fourth-order valence-corrected chi connectivity index (χ4v) is 6.74. The zero-order chi connectivity index (χ0) is 31.1. The smallest absolute Gasteiger partial charge is 0.472 e. The van der Waals surface area contributed by atoms with Crippen molar-refractivity contribution in [3.05, 3.63) is 53.0 Å². The van der Waals surface area contributed by atoms with Gasteiger partial charge >= 0.3 is 7.12 Å². The van der Waals surface area contributed by atoms with Crippen molar-refractivity contribution >= 4 is 52.5 Å². The molecule has 1 saturated heterocycles. The molecule has 2 atom stereocenters. The molecule has 4 heterocycles. The van der Waals surface area contributed by atoms with Crippen LogP contribution in [0.5, 0.6) is 5.88 Å². The van der Waals surface area contributed by atoms with Crippen LogP contribution in [0.25, 0.3) is 28.1 Å². The average Bonchev–Trinajstić information content (AvgIpc) is 3.64. The summed E-state index contributed by atoms with van der Waals surface area (Å²) < 4.78 is 30.5. The van der Waals surface area contributed by atoms with Crippen molar-refractivity contribution in [2.75, 3.05) is 6.61 Å². The third-order valence-corrected chi connectivity index (χ3v) is 10.3. The fourth-order valence-electron chi connectivity index (χ4n) is 5.21. The zero-order valence-corrected chi connectivity index (χ0v) is 29.6. The van der Waals surface area contributed by atoms with E-state index in [9.17, 15) is 0 Å². The maximum absolute atomic E-state index is 6.40. The number of hydrogen-bond acceptors (Lipinski definition) is 7. The SMILES string of the molecule is CCc1nn(C)c(COCC(C)Oc2c(-c3ccc4c(c3)c(/C=C/B3OC(C)(C)C(C)(C)O3)nn4PI)cnn2C)c1C. The van der Waals surface area contributed by atoms with E-state index in [0.717, 1.165) is 45.5 Å². The van der Waals surface area contributed by atoms with Gasteiger partial charge < -0.3 is 18.8 Å². The molecule has 0 aliphatic carbocycles. The Hall–Kier alpha value is -2.25. The predicted molar refractivity (Wildman–Crippen MR) is 182 cm³/mol. The molecule has 0 radical (unpaired) electrons. The molecule has 0 saturated carbocycles. The van der Waals surface area contributed by atoms with Crippen molar-refractivity contribution in [1.29, 1.82) is 0 Å². The number of aryl methyl sites for hydroxylation is 3. The van der Waals surface area contributed by atoms with Crippen LogP contribution < -0.4 is 4.74 Å². The fraction of sp³-hybridized carbons (Fsp3) is 0.500. The molecule has 0 N–H and O–H groups in total. The number of hydrogen-bond donors (Lipinski definition) is 0. The van der Waals surface area contributed by atoms with Gasteiger partial charge in [0, 0.05) is 19.5 Å². The number of fused-ring (bicyclic) bond motifs is 1. The summed E-state index contributed by atoms with van der Waals surface area (Å²) >= 11 is 2.36. The lowest BCUT2D eigenvalue weighted by molar-refractivity contribution is 0.00578. The van der Waals surface area contributed by atoms with Gasteiger partial charge in [0.05, 0.1) is 65.1 Å². The highest BCUT2D eigenvalue weighted by Crippen LogP contribution is 2.39. The van der Waals surface area contributed by atoms with Crippen LogP contribution in [0.15, 0.2) is 30.4 Å². The highest BCUT2D eigenvalue weighted by Gasteiger charge is 2.50. The van der Waals surface area contributed by atoms with Crippen LogP contribution in [-0.4, -0.2) is 60.1 Å². The van der Waals surface area contributed by atoms with E-state index in [-0.39, 0.29) is 6.10 Å². The first kappa shape index (κ1) is 32.2. The highest BCUT2D eigenvalue weighted by atomic mass is 127. The summed E-state index contributed by atoms with van der Waals surface area (Å²) in [5, 5.41) is 15.0. The number of rotatable bonds is 11. The van der Waals surface area contributed by atoms with Gasteiger partial charge in [-0.1, -0.05) is 19.0 Å². The van der Waals surface area contributed by atoms with Gasteiger partial charge in [0.25, 0.3) is 0 Å². The number of halogens is 1.